The number of thiazole rings is 1. The monoisotopic (exact) mass is 414 g/mol. The molecule has 1 fully saturated rings. The predicted octanol–water partition coefficient (Wildman–Crippen LogP) is 3.40. The number of morpholine rings is 1. The Balaban J connectivity index is 1.41. The summed E-state index contributed by atoms with van der Waals surface area (Å²) in [5.41, 5.74) is 0.487. The summed E-state index contributed by atoms with van der Waals surface area (Å²) in [6, 6.07) is 9.20. The van der Waals surface area contributed by atoms with Gasteiger partial charge in [0.15, 0.2) is 10.9 Å². The van der Waals surface area contributed by atoms with E-state index in [2.05, 4.69) is 15.2 Å². The third-order valence-corrected chi connectivity index (χ3v) is 5.33. The van der Waals surface area contributed by atoms with Crippen LogP contribution in [0, 0.1) is 10.1 Å². The van der Waals surface area contributed by atoms with Crippen molar-refractivity contribution in [3.05, 3.63) is 63.3 Å². The van der Waals surface area contributed by atoms with Crippen molar-refractivity contribution in [1.29, 1.82) is 0 Å². The van der Waals surface area contributed by atoms with Crippen molar-refractivity contribution in [1.82, 2.24) is 9.88 Å². The highest BCUT2D eigenvalue weighted by Gasteiger charge is 2.17. The van der Waals surface area contributed by atoms with Crippen LogP contribution >= 0.6 is 11.3 Å². The van der Waals surface area contributed by atoms with E-state index in [0.29, 0.717) is 16.5 Å². The molecular weight excluding hydrogens is 396 g/mol. The largest absolute Gasteiger partial charge is 0.451 e. The van der Waals surface area contributed by atoms with Crippen LogP contribution in [0.4, 0.5) is 10.8 Å². The van der Waals surface area contributed by atoms with Crippen LogP contribution in [0.5, 0.6) is 0 Å². The van der Waals surface area contributed by atoms with Gasteiger partial charge >= 0.3 is 0 Å². The number of nitro benzene ring substituents is 1. The summed E-state index contributed by atoms with van der Waals surface area (Å²) in [4.78, 5) is 30.5. The molecule has 1 aromatic carbocycles. The van der Waals surface area contributed by atoms with Crippen molar-refractivity contribution in [2.75, 3.05) is 31.6 Å². The topological polar surface area (TPSA) is 111 Å². The number of amides is 1. The second kappa shape index (κ2) is 8.52. The molecule has 0 saturated carbocycles. The fraction of sp³-hybridized carbons (Fsp3) is 0.263. The Labute approximate surface area is 170 Å². The molecule has 1 N–H and O–H groups in total. The molecule has 0 spiro atoms. The van der Waals surface area contributed by atoms with Gasteiger partial charge in [-0.3, -0.25) is 25.1 Å². The van der Waals surface area contributed by atoms with Crippen LogP contribution in [-0.4, -0.2) is 47.0 Å². The molecule has 0 radical (unpaired) electrons. The number of aromatic nitrogens is 1. The summed E-state index contributed by atoms with van der Waals surface area (Å²) in [7, 11) is 0. The number of nitrogens with zero attached hydrogens (tertiary/aromatic N) is 3. The molecule has 3 heterocycles. The zero-order chi connectivity index (χ0) is 20.2. The fourth-order valence-corrected chi connectivity index (χ4v) is 3.81. The highest BCUT2D eigenvalue weighted by molar-refractivity contribution is 7.15. The van der Waals surface area contributed by atoms with Crippen molar-refractivity contribution < 1.29 is 18.9 Å². The van der Waals surface area contributed by atoms with Gasteiger partial charge < -0.3 is 9.15 Å². The lowest BCUT2D eigenvalue weighted by Crippen LogP contribution is -2.35. The van der Waals surface area contributed by atoms with E-state index in [-0.39, 0.29) is 11.4 Å². The van der Waals surface area contributed by atoms with E-state index in [4.69, 9.17) is 9.15 Å². The number of nitro groups is 1. The van der Waals surface area contributed by atoms with Gasteiger partial charge in [0.1, 0.15) is 5.76 Å². The molecule has 29 heavy (non-hydrogen) atoms. The quantitative estimate of drug-likeness (QED) is 0.486. The molecule has 4 rings (SSSR count). The number of benzene rings is 1. The number of nitrogens with one attached hydrogen (secondary N) is 1. The first kappa shape index (κ1) is 19.2. The van der Waals surface area contributed by atoms with Crippen molar-refractivity contribution in [3.63, 3.8) is 0 Å². The third-order valence-electron chi connectivity index (χ3n) is 4.43. The molecule has 2 aromatic heterocycles. The number of carbonyl (C=O) groups excluding carboxylic acids is 1. The second-order valence-corrected chi connectivity index (χ2v) is 7.56. The van der Waals surface area contributed by atoms with Gasteiger partial charge in [-0.25, -0.2) is 4.98 Å². The summed E-state index contributed by atoms with van der Waals surface area (Å²) < 4.78 is 10.9. The van der Waals surface area contributed by atoms with Gasteiger partial charge in [-0.05, 0) is 12.1 Å². The molecule has 1 saturated heterocycles. The van der Waals surface area contributed by atoms with Crippen molar-refractivity contribution >= 4 is 28.1 Å². The van der Waals surface area contributed by atoms with Crippen LogP contribution in [0.15, 0.2) is 47.0 Å². The minimum absolute atomic E-state index is 0.0412. The maximum absolute atomic E-state index is 12.5. The van der Waals surface area contributed by atoms with Crippen LogP contribution < -0.4 is 5.32 Å². The zero-order valence-electron chi connectivity index (χ0n) is 15.4. The molecular formula is C19H18N4O5S. The van der Waals surface area contributed by atoms with Gasteiger partial charge in [0, 0.05) is 48.4 Å². The minimum Gasteiger partial charge on any atom is -0.451 e. The average molecular weight is 414 g/mol. The lowest BCUT2D eigenvalue weighted by Gasteiger charge is -2.25. The molecule has 0 bridgehead atoms. The van der Waals surface area contributed by atoms with E-state index in [1.54, 1.807) is 24.4 Å². The maximum Gasteiger partial charge on any atom is 0.293 e. The Morgan fingerprint density at radius 3 is 2.90 bits per heavy atom. The number of hydrogen-bond donors (Lipinski definition) is 1. The molecule has 9 nitrogen and oxygen atoms in total. The molecule has 0 atom stereocenters. The molecule has 1 aliphatic heterocycles. The van der Waals surface area contributed by atoms with Crippen molar-refractivity contribution in [2.45, 2.75) is 6.54 Å². The van der Waals surface area contributed by atoms with Gasteiger partial charge in [-0.2, -0.15) is 0 Å². The van der Waals surface area contributed by atoms with Crippen LogP contribution in [0.1, 0.15) is 15.4 Å². The Morgan fingerprint density at radius 1 is 1.28 bits per heavy atom. The standard InChI is InChI=1S/C19H18N4O5S/c24-18(21-19-20-11-15(29-19)12-22-6-8-27-9-7-22)17-5-4-16(28-17)13-2-1-3-14(10-13)23(25)26/h1-5,10-11H,6-9,12H2,(H,20,21,24). The fourth-order valence-electron chi connectivity index (χ4n) is 2.96. The van der Waals surface area contributed by atoms with Gasteiger partial charge in [-0.15, -0.1) is 11.3 Å². The lowest BCUT2D eigenvalue weighted by atomic mass is 10.1. The number of carbonyl (C=O) groups is 1. The van der Waals surface area contributed by atoms with E-state index >= 15 is 0 Å². The van der Waals surface area contributed by atoms with Gasteiger partial charge in [-0.1, -0.05) is 12.1 Å². The molecule has 150 valence electrons. The van der Waals surface area contributed by atoms with E-state index in [0.717, 1.165) is 37.7 Å². The Kier molecular flexibility index (Phi) is 5.65. The Morgan fingerprint density at radius 2 is 2.10 bits per heavy atom. The van der Waals surface area contributed by atoms with Crippen molar-refractivity contribution in [3.8, 4) is 11.3 Å². The summed E-state index contributed by atoms with van der Waals surface area (Å²) in [6.07, 6.45) is 1.76. The average Bonchev–Trinajstić information content (AvgIpc) is 3.39. The first-order valence-electron chi connectivity index (χ1n) is 8.99. The number of rotatable bonds is 6. The van der Waals surface area contributed by atoms with Gasteiger partial charge in [0.05, 0.1) is 18.1 Å². The minimum atomic E-state index is -0.475. The van der Waals surface area contributed by atoms with E-state index in [1.165, 1.54) is 29.5 Å². The van der Waals surface area contributed by atoms with Gasteiger partial charge in [0.2, 0.25) is 0 Å². The predicted molar refractivity (Wildman–Crippen MR) is 107 cm³/mol. The number of anilines is 1. The summed E-state index contributed by atoms with van der Waals surface area (Å²) in [6.45, 7) is 4.00. The van der Waals surface area contributed by atoms with Crippen LogP contribution in [-0.2, 0) is 11.3 Å². The number of non-ortho nitro benzene ring substituents is 1. The molecule has 10 heteroatoms. The summed E-state index contributed by atoms with van der Waals surface area (Å²) in [5.74, 6) is 0.0661. The molecule has 3 aromatic rings. The van der Waals surface area contributed by atoms with Gasteiger partial charge in [0.25, 0.3) is 11.6 Å². The van der Waals surface area contributed by atoms with E-state index < -0.39 is 10.8 Å². The van der Waals surface area contributed by atoms with E-state index in [9.17, 15) is 14.9 Å². The summed E-state index contributed by atoms with van der Waals surface area (Å²) in [5, 5.41) is 14.2. The Bertz CT molecular complexity index is 1030. The Hall–Kier alpha value is -3.08. The molecule has 1 aliphatic rings. The molecule has 0 aliphatic carbocycles. The summed E-state index contributed by atoms with van der Waals surface area (Å²) >= 11 is 1.42. The number of hydrogen-bond acceptors (Lipinski definition) is 8. The van der Waals surface area contributed by atoms with E-state index in [1.807, 2.05) is 0 Å². The SMILES string of the molecule is O=C(Nc1ncc(CN2CCOCC2)s1)c1ccc(-c2cccc([N+](=O)[O-])c2)o1. The third kappa shape index (κ3) is 4.67. The highest BCUT2D eigenvalue weighted by Crippen LogP contribution is 2.27. The molecule has 1 amide bonds. The lowest BCUT2D eigenvalue weighted by molar-refractivity contribution is -0.384. The van der Waals surface area contributed by atoms with Crippen molar-refractivity contribution in [2.24, 2.45) is 0 Å². The first-order chi connectivity index (χ1) is 14.1. The number of ether oxygens (including phenoxy) is 1. The smallest absolute Gasteiger partial charge is 0.293 e. The van der Waals surface area contributed by atoms with Crippen LogP contribution in [0.2, 0.25) is 0 Å². The maximum atomic E-state index is 12.5. The highest BCUT2D eigenvalue weighted by atomic mass is 32.1. The van der Waals surface area contributed by atoms with Crippen LogP contribution in [0.25, 0.3) is 11.3 Å². The zero-order valence-corrected chi connectivity index (χ0v) is 16.2. The second-order valence-electron chi connectivity index (χ2n) is 6.45. The molecule has 0 unspecified atom stereocenters. The normalized spacial score (nSPS) is 14.6. The first-order valence-corrected chi connectivity index (χ1v) is 9.81. The number of furan rings is 1. The van der Waals surface area contributed by atoms with Crippen LogP contribution in [0.3, 0.4) is 0 Å².